The fraction of sp³-hybridized carbons (Fsp3) is 0.185. The second-order valence-electron chi connectivity index (χ2n) is 16.2. The number of aliphatic hydroxyl groups excluding tert-OH is 2. The summed E-state index contributed by atoms with van der Waals surface area (Å²) in [7, 11) is -2.02. The summed E-state index contributed by atoms with van der Waals surface area (Å²) < 4.78 is 0. The summed E-state index contributed by atoms with van der Waals surface area (Å²) in [5, 5.41) is 35.1. The normalized spacial score (nSPS) is 19.4. The molecule has 8 aromatic rings. The van der Waals surface area contributed by atoms with E-state index in [0.29, 0.717) is 0 Å². The Morgan fingerprint density at radius 2 is 0.638 bits per heavy atom. The van der Waals surface area contributed by atoms with Crippen LogP contribution < -0.4 is 31.8 Å². The average Bonchev–Trinajstić information content (AvgIpc) is 3.92. The van der Waals surface area contributed by atoms with Crippen molar-refractivity contribution in [2.24, 2.45) is 0 Å². The SMILES string of the molecule is OC1CCC(c2cc(P(c3ccccc3)c3ccccc3)c(-c3c(P(c4ccccc4)c4ccccc4)cc(C4CCC(O)C4)c4ccccc34)c3ccccc23)C1. The number of fused-ring (bicyclic) bond motifs is 2. The van der Waals surface area contributed by atoms with E-state index in [1.54, 1.807) is 0 Å². The summed E-state index contributed by atoms with van der Waals surface area (Å²) in [6.07, 6.45) is 4.70. The predicted octanol–water partition coefficient (Wildman–Crippen LogP) is 10.4. The first-order valence-corrected chi connectivity index (χ1v) is 23.6. The fourth-order valence-electron chi connectivity index (χ4n) is 9.97. The highest BCUT2D eigenvalue weighted by molar-refractivity contribution is 7.80. The van der Waals surface area contributed by atoms with Gasteiger partial charge >= 0.3 is 0 Å². The molecule has 0 spiro atoms. The zero-order valence-electron chi connectivity index (χ0n) is 32.7. The van der Waals surface area contributed by atoms with E-state index >= 15 is 0 Å². The van der Waals surface area contributed by atoms with E-state index in [4.69, 9.17) is 0 Å². The van der Waals surface area contributed by atoms with Gasteiger partial charge in [-0.1, -0.05) is 170 Å². The lowest BCUT2D eigenvalue weighted by Gasteiger charge is -2.31. The molecule has 0 radical (unpaired) electrons. The summed E-state index contributed by atoms with van der Waals surface area (Å²) in [6, 6.07) is 68.1. The summed E-state index contributed by atoms with van der Waals surface area (Å²) in [6.45, 7) is 0. The van der Waals surface area contributed by atoms with Crippen LogP contribution in [0, 0.1) is 0 Å². The Hall–Kier alpha value is -4.94. The van der Waals surface area contributed by atoms with Gasteiger partial charge in [-0.3, -0.25) is 0 Å². The number of benzene rings is 8. The van der Waals surface area contributed by atoms with Crippen molar-refractivity contribution in [1.82, 2.24) is 0 Å². The molecule has 2 saturated carbocycles. The maximum atomic E-state index is 11.0. The number of hydrogen-bond donors (Lipinski definition) is 2. The van der Waals surface area contributed by atoms with Crippen molar-refractivity contribution >= 4 is 69.2 Å². The summed E-state index contributed by atoms with van der Waals surface area (Å²) in [4.78, 5) is 0. The Kier molecular flexibility index (Phi) is 10.5. The van der Waals surface area contributed by atoms with Crippen molar-refractivity contribution in [3.8, 4) is 11.1 Å². The smallest absolute Gasteiger partial charge is 0.0546 e. The molecule has 2 nitrogen and oxygen atoms in total. The maximum absolute atomic E-state index is 11.0. The van der Waals surface area contributed by atoms with E-state index in [9.17, 15) is 10.2 Å². The molecule has 8 aromatic carbocycles. The molecule has 4 unspecified atom stereocenters. The van der Waals surface area contributed by atoms with Gasteiger partial charge in [0, 0.05) is 0 Å². The summed E-state index contributed by atoms with van der Waals surface area (Å²) in [5.41, 5.74) is 5.36. The zero-order chi connectivity index (χ0) is 39.0. The Bertz CT molecular complexity index is 2420. The van der Waals surface area contributed by atoms with E-state index in [0.717, 1.165) is 38.5 Å². The molecule has 4 heteroatoms. The molecule has 0 amide bonds. The first kappa shape index (κ1) is 37.3. The summed E-state index contributed by atoms with van der Waals surface area (Å²) >= 11 is 0. The molecule has 0 heterocycles. The van der Waals surface area contributed by atoms with E-state index in [1.165, 1.54) is 75.6 Å². The number of aliphatic hydroxyl groups is 2. The Morgan fingerprint density at radius 3 is 0.931 bits per heavy atom. The lowest BCUT2D eigenvalue weighted by Crippen LogP contribution is -2.27. The van der Waals surface area contributed by atoms with Gasteiger partial charge < -0.3 is 10.2 Å². The molecule has 10 rings (SSSR count). The highest BCUT2D eigenvalue weighted by Crippen LogP contribution is 2.50. The van der Waals surface area contributed by atoms with Gasteiger partial charge in [0.25, 0.3) is 0 Å². The molecule has 2 N–H and O–H groups in total. The van der Waals surface area contributed by atoms with E-state index < -0.39 is 15.8 Å². The quantitative estimate of drug-likeness (QED) is 0.143. The molecular formula is C54H48O2P2. The van der Waals surface area contributed by atoms with Crippen molar-refractivity contribution in [3.63, 3.8) is 0 Å². The van der Waals surface area contributed by atoms with Crippen LogP contribution >= 0.6 is 15.8 Å². The first-order chi connectivity index (χ1) is 28.6. The third-order valence-electron chi connectivity index (χ3n) is 12.6. The average molecular weight is 791 g/mol. The molecule has 0 saturated heterocycles. The van der Waals surface area contributed by atoms with Crippen LogP contribution in [0.25, 0.3) is 32.7 Å². The van der Waals surface area contributed by atoms with Crippen LogP contribution in [-0.2, 0) is 0 Å². The summed E-state index contributed by atoms with van der Waals surface area (Å²) in [5.74, 6) is 0.573. The van der Waals surface area contributed by atoms with Crippen molar-refractivity contribution in [2.45, 2.75) is 62.6 Å². The second kappa shape index (κ2) is 16.4. The minimum absolute atomic E-state index is 0.269. The lowest BCUT2D eigenvalue weighted by atomic mass is 9.85. The minimum Gasteiger partial charge on any atom is -0.393 e. The predicted molar refractivity (Wildman–Crippen MR) is 249 cm³/mol. The van der Waals surface area contributed by atoms with Gasteiger partial charge in [-0.05, 0) is 154 Å². The van der Waals surface area contributed by atoms with Crippen LogP contribution in [0.15, 0.2) is 182 Å². The molecule has 286 valence electrons. The highest BCUT2D eigenvalue weighted by atomic mass is 31.1. The van der Waals surface area contributed by atoms with Gasteiger partial charge in [0.1, 0.15) is 0 Å². The van der Waals surface area contributed by atoms with Gasteiger partial charge in [0.15, 0.2) is 0 Å². The van der Waals surface area contributed by atoms with E-state index in [1.807, 2.05) is 0 Å². The van der Waals surface area contributed by atoms with Crippen molar-refractivity contribution in [3.05, 3.63) is 193 Å². The fourth-order valence-corrected chi connectivity index (χ4v) is 15.0. The Labute approximate surface area is 344 Å². The number of hydrogen-bond acceptors (Lipinski definition) is 2. The monoisotopic (exact) mass is 790 g/mol. The first-order valence-electron chi connectivity index (χ1n) is 20.9. The van der Waals surface area contributed by atoms with Gasteiger partial charge in [0.05, 0.1) is 12.2 Å². The van der Waals surface area contributed by atoms with E-state index in [-0.39, 0.29) is 24.0 Å². The third-order valence-corrected chi connectivity index (χ3v) is 17.5. The standard InChI is InChI=1S/C54H48O2P2/c55-39-31-29-37(33-39)49-35-51(57(41-17-5-1-6-18-41)42-19-7-2-8-20-42)53(47-27-15-13-25-45(47)49)54-48-28-16-14-26-46(48)50(38-30-32-40(56)34-38)36-52(54)58(43-21-9-3-10-22-43)44-23-11-4-12-24-44/h1-28,35-40,55-56H,29-34H2. The molecular weight excluding hydrogens is 743 g/mol. The molecule has 2 aliphatic rings. The zero-order valence-corrected chi connectivity index (χ0v) is 34.5. The van der Waals surface area contributed by atoms with Crippen LogP contribution in [0.4, 0.5) is 0 Å². The molecule has 0 bridgehead atoms. The van der Waals surface area contributed by atoms with Crippen molar-refractivity contribution < 1.29 is 10.2 Å². The van der Waals surface area contributed by atoms with Gasteiger partial charge in [-0.25, -0.2) is 0 Å². The minimum atomic E-state index is -1.01. The second-order valence-corrected chi connectivity index (χ2v) is 20.5. The van der Waals surface area contributed by atoms with E-state index in [2.05, 4.69) is 182 Å². The maximum Gasteiger partial charge on any atom is 0.0546 e. The van der Waals surface area contributed by atoms with Crippen LogP contribution in [0.3, 0.4) is 0 Å². The topological polar surface area (TPSA) is 40.5 Å². The molecule has 58 heavy (non-hydrogen) atoms. The number of rotatable bonds is 9. The van der Waals surface area contributed by atoms with Crippen LogP contribution in [0.5, 0.6) is 0 Å². The Balaban J connectivity index is 1.39. The van der Waals surface area contributed by atoms with Gasteiger partial charge in [-0.15, -0.1) is 0 Å². The molecule has 2 aliphatic carbocycles. The highest BCUT2D eigenvalue weighted by Gasteiger charge is 2.34. The van der Waals surface area contributed by atoms with Crippen LogP contribution in [0.2, 0.25) is 0 Å². The van der Waals surface area contributed by atoms with Gasteiger partial charge in [-0.2, -0.15) is 0 Å². The molecule has 0 aromatic heterocycles. The van der Waals surface area contributed by atoms with Gasteiger partial charge in [0.2, 0.25) is 0 Å². The molecule has 0 aliphatic heterocycles. The largest absolute Gasteiger partial charge is 0.393 e. The van der Waals surface area contributed by atoms with Crippen LogP contribution in [0.1, 0.15) is 61.5 Å². The lowest BCUT2D eigenvalue weighted by molar-refractivity contribution is 0.181. The van der Waals surface area contributed by atoms with Crippen LogP contribution in [-0.4, -0.2) is 22.4 Å². The molecule has 2 fully saturated rings. The third kappa shape index (κ3) is 7.01. The van der Waals surface area contributed by atoms with Crippen molar-refractivity contribution in [1.29, 1.82) is 0 Å². The van der Waals surface area contributed by atoms with Crippen molar-refractivity contribution in [2.75, 3.05) is 0 Å². The Morgan fingerprint density at radius 1 is 0.345 bits per heavy atom. The molecule has 4 atom stereocenters.